The number of Topliss-reactive ketones (excluding diaryl/α,β-unsaturated/α-hetero) is 1. The van der Waals surface area contributed by atoms with Gasteiger partial charge >= 0.3 is 0 Å². The predicted octanol–water partition coefficient (Wildman–Crippen LogP) is 1.90. The summed E-state index contributed by atoms with van der Waals surface area (Å²) in [6.07, 6.45) is 4.30. The van der Waals surface area contributed by atoms with E-state index in [4.69, 9.17) is 0 Å². The van der Waals surface area contributed by atoms with Gasteiger partial charge in [-0.25, -0.2) is 0 Å². The normalized spacial score (nSPS) is 59.2. The number of rotatable bonds is 0. The lowest BCUT2D eigenvalue weighted by molar-refractivity contribution is -0.178. The molecule has 0 aromatic carbocycles. The molecular weight excluding hydrogens is 292 g/mol. The molecule has 130 valence electrons. The summed E-state index contributed by atoms with van der Waals surface area (Å²) in [6, 6.07) is 0. The number of aliphatic hydroxyl groups excluding tert-OH is 3. The molecule has 4 rings (SSSR count). The number of carbonyl (C=O) groups excluding carboxylic acids is 1. The summed E-state index contributed by atoms with van der Waals surface area (Å²) >= 11 is 0. The van der Waals surface area contributed by atoms with E-state index in [1.54, 1.807) is 0 Å². The van der Waals surface area contributed by atoms with Crippen molar-refractivity contribution >= 4 is 5.78 Å². The largest absolute Gasteiger partial charge is 0.393 e. The second-order valence-corrected chi connectivity index (χ2v) is 9.23. The molecule has 0 amide bonds. The van der Waals surface area contributed by atoms with Crippen LogP contribution < -0.4 is 0 Å². The zero-order valence-corrected chi connectivity index (χ0v) is 14.2. The highest BCUT2D eigenvalue weighted by atomic mass is 16.3. The van der Waals surface area contributed by atoms with E-state index in [0.29, 0.717) is 24.2 Å². The van der Waals surface area contributed by atoms with Gasteiger partial charge in [-0.15, -0.1) is 0 Å². The van der Waals surface area contributed by atoms with Gasteiger partial charge in [0.2, 0.25) is 0 Å². The summed E-state index contributed by atoms with van der Waals surface area (Å²) in [4.78, 5) is 12.5. The van der Waals surface area contributed by atoms with E-state index in [1.165, 1.54) is 0 Å². The first-order chi connectivity index (χ1) is 10.8. The van der Waals surface area contributed by atoms with Gasteiger partial charge in [0.1, 0.15) is 5.78 Å². The van der Waals surface area contributed by atoms with E-state index >= 15 is 0 Å². The molecule has 0 spiro atoms. The van der Waals surface area contributed by atoms with Crippen LogP contribution in [-0.2, 0) is 4.79 Å². The van der Waals surface area contributed by atoms with Crippen molar-refractivity contribution in [1.29, 1.82) is 0 Å². The maximum absolute atomic E-state index is 12.5. The van der Waals surface area contributed by atoms with Crippen molar-refractivity contribution in [1.82, 2.24) is 0 Å². The van der Waals surface area contributed by atoms with Crippen molar-refractivity contribution in [3.8, 4) is 0 Å². The summed E-state index contributed by atoms with van der Waals surface area (Å²) < 4.78 is 0. The summed E-state index contributed by atoms with van der Waals surface area (Å²) in [5.41, 5.74) is -0.617. The first-order valence-electron chi connectivity index (χ1n) is 9.36. The first kappa shape index (κ1) is 16.0. The van der Waals surface area contributed by atoms with Crippen LogP contribution in [0.4, 0.5) is 0 Å². The molecule has 0 radical (unpaired) electrons. The Labute approximate surface area is 138 Å². The maximum Gasteiger partial charge on any atom is 0.144 e. The van der Waals surface area contributed by atoms with Crippen LogP contribution in [0.25, 0.3) is 0 Å². The number of aliphatic hydroxyl groups is 3. The van der Waals surface area contributed by atoms with Crippen LogP contribution in [0.5, 0.6) is 0 Å². The third-order valence-electron chi connectivity index (χ3n) is 8.45. The molecule has 4 nitrogen and oxygen atoms in total. The van der Waals surface area contributed by atoms with Gasteiger partial charge < -0.3 is 15.3 Å². The lowest BCUT2D eigenvalue weighted by Crippen LogP contribution is -2.59. The Kier molecular flexibility index (Phi) is 3.51. The Hall–Kier alpha value is -0.450. The number of hydrogen-bond acceptors (Lipinski definition) is 4. The van der Waals surface area contributed by atoms with Gasteiger partial charge in [0, 0.05) is 12.3 Å². The van der Waals surface area contributed by atoms with Gasteiger partial charge in [-0.05, 0) is 68.6 Å². The fourth-order valence-corrected chi connectivity index (χ4v) is 7.04. The van der Waals surface area contributed by atoms with Crippen LogP contribution in [0.2, 0.25) is 0 Å². The zero-order valence-electron chi connectivity index (χ0n) is 14.2. The lowest BCUT2D eigenvalue weighted by atomic mass is 9.44. The molecule has 4 saturated carbocycles. The van der Waals surface area contributed by atoms with E-state index in [1.807, 2.05) is 6.92 Å². The maximum atomic E-state index is 12.5. The third-order valence-corrected chi connectivity index (χ3v) is 8.45. The Morgan fingerprint density at radius 3 is 2.52 bits per heavy atom. The topological polar surface area (TPSA) is 77.8 Å². The van der Waals surface area contributed by atoms with Gasteiger partial charge in [0.15, 0.2) is 0 Å². The quantitative estimate of drug-likeness (QED) is 0.636. The summed E-state index contributed by atoms with van der Waals surface area (Å²) in [6.45, 7) is 4.22. The fraction of sp³-hybridized carbons (Fsp3) is 0.947. The molecule has 0 heterocycles. The molecule has 3 N–H and O–H groups in total. The monoisotopic (exact) mass is 322 g/mol. The highest BCUT2D eigenvalue weighted by molar-refractivity contribution is 5.88. The minimum Gasteiger partial charge on any atom is -0.393 e. The Balaban J connectivity index is 1.71. The average molecular weight is 322 g/mol. The molecule has 0 aromatic rings. The summed E-state index contributed by atoms with van der Waals surface area (Å²) in [7, 11) is 0. The van der Waals surface area contributed by atoms with Crippen molar-refractivity contribution in [2.75, 3.05) is 0 Å². The number of carbonyl (C=O) groups is 1. The van der Waals surface area contributed by atoms with Crippen LogP contribution >= 0.6 is 0 Å². The van der Waals surface area contributed by atoms with E-state index < -0.39 is 17.6 Å². The van der Waals surface area contributed by atoms with Crippen molar-refractivity contribution in [2.45, 2.75) is 77.1 Å². The standard InChI is InChI=1S/C19H30O4/c1-18-6-5-11(20)7-10(18)3-4-12-13(18)8-15(22)19(2)16(23)9-14(21)17(12)19/h10-15,17,20-22H,3-9H2,1-2H3/t10-,11+,12+,13-,14-,15-,17-,18-,19-/m0/s1. The zero-order chi connectivity index (χ0) is 16.6. The van der Waals surface area contributed by atoms with Crippen LogP contribution in [0.3, 0.4) is 0 Å². The average Bonchev–Trinajstić information content (AvgIpc) is 2.73. The Morgan fingerprint density at radius 2 is 1.78 bits per heavy atom. The van der Waals surface area contributed by atoms with E-state index in [-0.39, 0.29) is 29.6 Å². The number of hydrogen-bond donors (Lipinski definition) is 3. The molecular formula is C19H30O4. The Bertz CT molecular complexity index is 519. The molecule has 9 atom stereocenters. The van der Waals surface area contributed by atoms with Crippen molar-refractivity contribution in [2.24, 2.45) is 34.5 Å². The van der Waals surface area contributed by atoms with E-state index in [0.717, 1.165) is 32.1 Å². The number of ketones is 1. The van der Waals surface area contributed by atoms with Crippen LogP contribution in [0.1, 0.15) is 58.8 Å². The second kappa shape index (κ2) is 5.03. The molecule has 4 aliphatic rings. The van der Waals surface area contributed by atoms with E-state index in [2.05, 4.69) is 6.92 Å². The van der Waals surface area contributed by atoms with Gasteiger partial charge in [-0.1, -0.05) is 6.92 Å². The number of fused-ring (bicyclic) bond motifs is 5. The Morgan fingerprint density at radius 1 is 1.04 bits per heavy atom. The van der Waals surface area contributed by atoms with E-state index in [9.17, 15) is 20.1 Å². The minimum atomic E-state index is -0.752. The smallest absolute Gasteiger partial charge is 0.144 e. The highest BCUT2D eigenvalue weighted by Gasteiger charge is 2.65. The van der Waals surface area contributed by atoms with Crippen LogP contribution in [0, 0.1) is 34.5 Å². The SMILES string of the molecule is C[C@]12CC[C@@H](O)C[C@@H]1CC[C@H]1[C@H]3[C@@H](O)CC(=O)[C@]3(C)[C@@H](O)C[C@@H]12. The lowest BCUT2D eigenvalue weighted by Gasteiger charge is -2.61. The van der Waals surface area contributed by atoms with Crippen molar-refractivity contribution < 1.29 is 20.1 Å². The molecule has 0 aromatic heterocycles. The van der Waals surface area contributed by atoms with Crippen LogP contribution in [-0.4, -0.2) is 39.4 Å². The molecule has 23 heavy (non-hydrogen) atoms. The molecule has 4 fully saturated rings. The predicted molar refractivity (Wildman–Crippen MR) is 85.5 cm³/mol. The second-order valence-electron chi connectivity index (χ2n) is 9.23. The van der Waals surface area contributed by atoms with Crippen molar-refractivity contribution in [3.05, 3.63) is 0 Å². The first-order valence-corrected chi connectivity index (χ1v) is 9.36. The van der Waals surface area contributed by atoms with Crippen LogP contribution in [0.15, 0.2) is 0 Å². The molecule has 4 heteroatoms. The van der Waals surface area contributed by atoms with Gasteiger partial charge in [0.05, 0.1) is 23.7 Å². The summed E-state index contributed by atoms with van der Waals surface area (Å²) in [5.74, 6) is 1.17. The third kappa shape index (κ3) is 1.98. The molecule has 0 aliphatic heterocycles. The van der Waals surface area contributed by atoms with Crippen molar-refractivity contribution in [3.63, 3.8) is 0 Å². The molecule has 0 unspecified atom stereocenters. The van der Waals surface area contributed by atoms with Gasteiger partial charge in [0.25, 0.3) is 0 Å². The summed E-state index contributed by atoms with van der Waals surface area (Å²) in [5, 5.41) is 31.5. The minimum absolute atomic E-state index is 0.0484. The van der Waals surface area contributed by atoms with Gasteiger partial charge in [-0.2, -0.15) is 0 Å². The highest BCUT2D eigenvalue weighted by Crippen LogP contribution is 2.65. The van der Waals surface area contributed by atoms with Gasteiger partial charge in [-0.3, -0.25) is 4.79 Å². The molecule has 0 saturated heterocycles. The molecule has 0 bridgehead atoms. The fourth-order valence-electron chi connectivity index (χ4n) is 7.04. The molecule has 4 aliphatic carbocycles.